The highest BCUT2D eigenvalue weighted by Gasteiger charge is 2.08. The fourth-order valence-electron chi connectivity index (χ4n) is 1.91. The molecule has 2 aromatic heterocycles. The second kappa shape index (κ2) is 3.97. The van der Waals surface area contributed by atoms with Gasteiger partial charge in [-0.2, -0.15) is 0 Å². The molecule has 4 heteroatoms. The Kier molecular flexibility index (Phi) is 2.33. The molecule has 0 radical (unpaired) electrons. The Balaban J connectivity index is 2.04. The van der Waals surface area contributed by atoms with Crippen LogP contribution >= 0.6 is 0 Å². The van der Waals surface area contributed by atoms with Gasteiger partial charge in [-0.1, -0.05) is 30.3 Å². The lowest BCUT2D eigenvalue weighted by Crippen LogP contribution is -1.98. The molecule has 2 heterocycles. The highest BCUT2D eigenvalue weighted by molar-refractivity contribution is 5.70. The van der Waals surface area contributed by atoms with Crippen molar-refractivity contribution in [1.29, 1.82) is 0 Å². The lowest BCUT2D eigenvalue weighted by molar-refractivity contribution is 0.843. The van der Waals surface area contributed by atoms with Crippen molar-refractivity contribution in [3.8, 4) is 0 Å². The number of rotatable bonds is 2. The molecular weight excluding hydrogens is 212 g/mol. The van der Waals surface area contributed by atoms with Crippen LogP contribution in [0.2, 0.25) is 0 Å². The number of benzene rings is 1. The summed E-state index contributed by atoms with van der Waals surface area (Å²) in [7, 11) is 2.00. The third-order valence-electron chi connectivity index (χ3n) is 2.86. The summed E-state index contributed by atoms with van der Waals surface area (Å²) in [5.74, 6) is 1.01. The monoisotopic (exact) mass is 224 g/mol. The van der Waals surface area contributed by atoms with E-state index < -0.39 is 0 Å². The SMILES string of the molecule is Cn1c(Cc2ccccc2)nc2ncncc21. The number of fused-ring (bicyclic) bond motifs is 1. The van der Waals surface area contributed by atoms with Crippen molar-refractivity contribution in [3.63, 3.8) is 0 Å². The first-order valence-corrected chi connectivity index (χ1v) is 5.50. The topological polar surface area (TPSA) is 43.6 Å². The van der Waals surface area contributed by atoms with Crippen LogP contribution in [0.4, 0.5) is 0 Å². The smallest absolute Gasteiger partial charge is 0.181 e. The van der Waals surface area contributed by atoms with E-state index in [0.717, 1.165) is 23.4 Å². The van der Waals surface area contributed by atoms with Gasteiger partial charge in [-0.25, -0.2) is 15.0 Å². The molecule has 0 fully saturated rings. The molecule has 1 aromatic carbocycles. The van der Waals surface area contributed by atoms with E-state index in [2.05, 4.69) is 27.1 Å². The van der Waals surface area contributed by atoms with Crippen LogP contribution < -0.4 is 0 Å². The number of aryl methyl sites for hydroxylation is 1. The maximum Gasteiger partial charge on any atom is 0.181 e. The molecule has 0 unspecified atom stereocenters. The molecular formula is C13H12N4. The molecule has 84 valence electrons. The van der Waals surface area contributed by atoms with Crippen LogP contribution in [0.3, 0.4) is 0 Å². The summed E-state index contributed by atoms with van der Waals surface area (Å²) in [6.45, 7) is 0. The second-order valence-electron chi connectivity index (χ2n) is 3.98. The molecule has 0 aliphatic rings. The van der Waals surface area contributed by atoms with Crippen LogP contribution in [0, 0.1) is 0 Å². The van der Waals surface area contributed by atoms with Crippen LogP contribution in [0.1, 0.15) is 11.4 Å². The van der Waals surface area contributed by atoms with Gasteiger partial charge in [0.1, 0.15) is 17.7 Å². The largest absolute Gasteiger partial charge is 0.328 e. The summed E-state index contributed by atoms with van der Waals surface area (Å²) in [4.78, 5) is 12.7. The van der Waals surface area contributed by atoms with Crippen molar-refractivity contribution in [3.05, 3.63) is 54.2 Å². The quantitative estimate of drug-likeness (QED) is 0.668. The summed E-state index contributed by atoms with van der Waals surface area (Å²) in [5, 5.41) is 0. The molecule has 3 aromatic rings. The Morgan fingerprint density at radius 2 is 2.00 bits per heavy atom. The molecule has 0 spiro atoms. The highest BCUT2D eigenvalue weighted by Crippen LogP contribution is 2.14. The van der Waals surface area contributed by atoms with Crippen molar-refractivity contribution in [1.82, 2.24) is 19.5 Å². The summed E-state index contributed by atoms with van der Waals surface area (Å²) in [6, 6.07) is 10.3. The average molecular weight is 224 g/mol. The van der Waals surface area contributed by atoms with Crippen LogP contribution in [-0.2, 0) is 13.5 Å². The van der Waals surface area contributed by atoms with E-state index in [0.29, 0.717) is 0 Å². The van der Waals surface area contributed by atoms with Crippen LogP contribution in [0.25, 0.3) is 11.2 Å². The number of hydrogen-bond donors (Lipinski definition) is 0. The van der Waals surface area contributed by atoms with Crippen LogP contribution in [0.15, 0.2) is 42.9 Å². The van der Waals surface area contributed by atoms with Gasteiger partial charge in [-0.3, -0.25) is 0 Å². The average Bonchev–Trinajstić information content (AvgIpc) is 2.68. The van der Waals surface area contributed by atoms with E-state index in [1.807, 2.05) is 29.8 Å². The molecule has 0 saturated heterocycles. The van der Waals surface area contributed by atoms with Gasteiger partial charge in [0.05, 0.1) is 6.20 Å². The fraction of sp³-hybridized carbons (Fsp3) is 0.154. The minimum Gasteiger partial charge on any atom is -0.328 e. The zero-order chi connectivity index (χ0) is 11.7. The third kappa shape index (κ3) is 1.78. The van der Waals surface area contributed by atoms with Crippen LogP contribution in [-0.4, -0.2) is 19.5 Å². The molecule has 0 aliphatic heterocycles. The Morgan fingerprint density at radius 1 is 1.18 bits per heavy atom. The molecule has 0 aliphatic carbocycles. The van der Waals surface area contributed by atoms with E-state index >= 15 is 0 Å². The maximum atomic E-state index is 4.52. The van der Waals surface area contributed by atoms with Gasteiger partial charge in [-0.15, -0.1) is 0 Å². The van der Waals surface area contributed by atoms with Crippen molar-refractivity contribution in [2.75, 3.05) is 0 Å². The van der Waals surface area contributed by atoms with Crippen molar-refractivity contribution >= 4 is 11.2 Å². The van der Waals surface area contributed by atoms with Gasteiger partial charge >= 0.3 is 0 Å². The maximum absolute atomic E-state index is 4.52. The molecule has 3 rings (SSSR count). The molecule has 0 saturated carbocycles. The first-order valence-electron chi connectivity index (χ1n) is 5.50. The van der Waals surface area contributed by atoms with Gasteiger partial charge in [0.25, 0.3) is 0 Å². The zero-order valence-corrected chi connectivity index (χ0v) is 9.54. The number of nitrogens with zero attached hydrogens (tertiary/aromatic N) is 4. The van der Waals surface area contributed by atoms with E-state index in [9.17, 15) is 0 Å². The predicted octanol–water partition coefficient (Wildman–Crippen LogP) is 1.95. The molecule has 0 amide bonds. The van der Waals surface area contributed by atoms with Crippen molar-refractivity contribution in [2.45, 2.75) is 6.42 Å². The minimum absolute atomic E-state index is 0.758. The fourth-order valence-corrected chi connectivity index (χ4v) is 1.91. The van der Waals surface area contributed by atoms with Gasteiger partial charge in [0.2, 0.25) is 0 Å². The van der Waals surface area contributed by atoms with E-state index in [1.54, 1.807) is 6.20 Å². The van der Waals surface area contributed by atoms with Crippen molar-refractivity contribution in [2.24, 2.45) is 7.05 Å². The standard InChI is InChI=1S/C13H12N4/c1-17-11-8-14-9-15-13(11)16-12(17)7-10-5-3-2-4-6-10/h2-6,8-9H,7H2,1H3. The van der Waals surface area contributed by atoms with Gasteiger partial charge in [0.15, 0.2) is 5.65 Å². The molecule has 0 N–H and O–H groups in total. The Hall–Kier alpha value is -2.23. The second-order valence-corrected chi connectivity index (χ2v) is 3.98. The van der Waals surface area contributed by atoms with Crippen LogP contribution in [0.5, 0.6) is 0 Å². The molecule has 17 heavy (non-hydrogen) atoms. The molecule has 0 atom stereocenters. The van der Waals surface area contributed by atoms with E-state index in [-0.39, 0.29) is 0 Å². The van der Waals surface area contributed by atoms with E-state index in [1.165, 1.54) is 11.9 Å². The predicted molar refractivity (Wildman–Crippen MR) is 65.6 cm³/mol. The summed E-state index contributed by atoms with van der Waals surface area (Å²) in [5.41, 5.74) is 2.98. The first-order chi connectivity index (χ1) is 8.34. The lowest BCUT2D eigenvalue weighted by Gasteiger charge is -2.01. The van der Waals surface area contributed by atoms with Gasteiger partial charge in [0, 0.05) is 13.5 Å². The Morgan fingerprint density at radius 3 is 2.76 bits per heavy atom. The summed E-state index contributed by atoms with van der Waals surface area (Å²) >= 11 is 0. The van der Waals surface area contributed by atoms with Gasteiger partial charge in [-0.05, 0) is 5.56 Å². The normalized spacial score (nSPS) is 10.9. The van der Waals surface area contributed by atoms with E-state index in [4.69, 9.17) is 0 Å². The Bertz CT molecular complexity index is 643. The summed E-state index contributed by atoms with van der Waals surface area (Å²) < 4.78 is 2.04. The first kappa shape index (κ1) is 9.96. The van der Waals surface area contributed by atoms with Crippen molar-refractivity contribution < 1.29 is 0 Å². The molecule has 0 bridgehead atoms. The highest BCUT2D eigenvalue weighted by atomic mass is 15.1. The van der Waals surface area contributed by atoms with Gasteiger partial charge < -0.3 is 4.57 Å². The minimum atomic E-state index is 0.758. The Labute approximate surface area is 99.0 Å². The molecule has 4 nitrogen and oxygen atoms in total. The summed E-state index contributed by atoms with van der Waals surface area (Å²) in [6.07, 6.45) is 4.14. The third-order valence-corrected chi connectivity index (χ3v) is 2.86. The zero-order valence-electron chi connectivity index (χ0n) is 9.54. The number of hydrogen-bond acceptors (Lipinski definition) is 3. The number of imidazole rings is 1. The lowest BCUT2D eigenvalue weighted by atomic mass is 10.1. The number of aromatic nitrogens is 4.